The van der Waals surface area contributed by atoms with Gasteiger partial charge in [-0.3, -0.25) is 0 Å². The first-order valence-electron chi connectivity index (χ1n) is 4.01. The number of aromatic nitrogens is 2. The average molecular weight is 251 g/mol. The Hall–Kier alpha value is -1.54. The average Bonchev–Trinajstić information content (AvgIpc) is 2.45. The van der Waals surface area contributed by atoms with Gasteiger partial charge in [0, 0.05) is 4.47 Å². The van der Waals surface area contributed by atoms with E-state index in [1.165, 1.54) is 0 Å². The van der Waals surface area contributed by atoms with Gasteiger partial charge < -0.3 is 10.7 Å². The minimum absolute atomic E-state index is 0.334. The summed E-state index contributed by atoms with van der Waals surface area (Å²) in [6.45, 7) is 0. The van der Waals surface area contributed by atoms with Crippen molar-refractivity contribution in [1.29, 1.82) is 5.26 Å². The molecule has 0 aliphatic heterocycles. The smallest absolute Gasteiger partial charge is 0.198 e. The molecule has 0 saturated carbocycles. The maximum absolute atomic E-state index is 8.64. The van der Waals surface area contributed by atoms with E-state index in [0.717, 1.165) is 21.1 Å². The van der Waals surface area contributed by atoms with Gasteiger partial charge in [-0.2, -0.15) is 5.26 Å². The van der Waals surface area contributed by atoms with Gasteiger partial charge in [-0.25, -0.2) is 4.98 Å². The molecule has 1 aromatic carbocycles. The third-order valence-corrected chi connectivity index (χ3v) is 2.38. The van der Waals surface area contributed by atoms with E-state index in [1.807, 2.05) is 12.1 Å². The molecule has 0 amide bonds. The Kier molecular flexibility index (Phi) is 2.14. The molecule has 14 heavy (non-hydrogen) atoms. The molecule has 4 nitrogen and oxygen atoms in total. The fraction of sp³-hybridized carbons (Fsp3) is 0.111. The highest BCUT2D eigenvalue weighted by molar-refractivity contribution is 9.10. The number of rotatable bonds is 1. The third-order valence-electron chi connectivity index (χ3n) is 1.92. The molecular formula is C9H7BrN4. The molecule has 0 unspecified atom stereocenters. The molecule has 0 aliphatic carbocycles. The normalized spacial score (nSPS) is 10.3. The van der Waals surface area contributed by atoms with E-state index in [0.29, 0.717) is 12.4 Å². The molecule has 1 aromatic heterocycles. The summed E-state index contributed by atoms with van der Waals surface area (Å²) >= 11 is 3.36. The lowest BCUT2D eigenvalue weighted by Gasteiger charge is -1.97. The first kappa shape index (κ1) is 9.03. The fourth-order valence-corrected chi connectivity index (χ4v) is 1.89. The van der Waals surface area contributed by atoms with Crippen LogP contribution in [0.3, 0.4) is 0 Å². The van der Waals surface area contributed by atoms with Gasteiger partial charge >= 0.3 is 0 Å². The number of nitrogens with zero attached hydrogens (tertiary/aromatic N) is 2. The Labute approximate surface area is 88.9 Å². The van der Waals surface area contributed by atoms with Crippen LogP contribution in [0.15, 0.2) is 16.6 Å². The fourth-order valence-electron chi connectivity index (χ4n) is 1.39. The molecular weight excluding hydrogens is 244 g/mol. The van der Waals surface area contributed by atoms with E-state index < -0.39 is 0 Å². The number of anilines is 1. The van der Waals surface area contributed by atoms with Crippen LogP contribution in [0.2, 0.25) is 0 Å². The van der Waals surface area contributed by atoms with Crippen LogP contribution in [0.1, 0.15) is 5.56 Å². The standard InChI is InChI=1S/C9H7BrN4/c10-6-3-5(1-2-11)8-7(4-6)13-9(12)14-8/h3-4H,1H2,(H3,12,13,14). The lowest BCUT2D eigenvalue weighted by atomic mass is 10.1. The number of benzene rings is 1. The van der Waals surface area contributed by atoms with E-state index >= 15 is 0 Å². The van der Waals surface area contributed by atoms with Crippen molar-refractivity contribution in [3.63, 3.8) is 0 Å². The molecule has 2 aromatic rings. The van der Waals surface area contributed by atoms with E-state index in [-0.39, 0.29) is 0 Å². The summed E-state index contributed by atoms with van der Waals surface area (Å²) in [6, 6.07) is 5.87. The number of imidazole rings is 1. The van der Waals surface area contributed by atoms with Gasteiger partial charge in [0.15, 0.2) is 5.95 Å². The van der Waals surface area contributed by atoms with Crippen LogP contribution >= 0.6 is 15.9 Å². The Bertz CT molecular complexity index is 523. The van der Waals surface area contributed by atoms with Crippen LogP contribution in [-0.2, 0) is 6.42 Å². The summed E-state index contributed by atoms with van der Waals surface area (Å²) in [5.74, 6) is 0.372. The van der Waals surface area contributed by atoms with Crippen molar-refractivity contribution in [2.45, 2.75) is 6.42 Å². The topological polar surface area (TPSA) is 78.5 Å². The monoisotopic (exact) mass is 250 g/mol. The molecule has 0 bridgehead atoms. The minimum Gasteiger partial charge on any atom is -0.369 e. The number of halogens is 1. The maximum atomic E-state index is 8.64. The number of H-pyrrole nitrogens is 1. The van der Waals surface area contributed by atoms with Crippen molar-refractivity contribution < 1.29 is 0 Å². The lowest BCUT2D eigenvalue weighted by Crippen LogP contribution is -1.86. The quantitative estimate of drug-likeness (QED) is 0.813. The number of nitrogens with two attached hydrogens (primary N) is 1. The van der Waals surface area contributed by atoms with E-state index in [2.05, 4.69) is 32.0 Å². The van der Waals surface area contributed by atoms with E-state index in [1.54, 1.807) is 0 Å². The summed E-state index contributed by atoms with van der Waals surface area (Å²) in [5, 5.41) is 8.64. The zero-order chi connectivity index (χ0) is 10.1. The predicted octanol–water partition coefficient (Wildman–Crippen LogP) is 1.97. The summed E-state index contributed by atoms with van der Waals surface area (Å²) in [7, 11) is 0. The Balaban J connectivity index is 2.74. The highest BCUT2D eigenvalue weighted by atomic mass is 79.9. The molecule has 3 N–H and O–H groups in total. The van der Waals surface area contributed by atoms with Gasteiger partial charge in [0.05, 0.1) is 23.5 Å². The van der Waals surface area contributed by atoms with Gasteiger partial charge in [-0.05, 0) is 17.7 Å². The third kappa shape index (κ3) is 1.44. The summed E-state index contributed by atoms with van der Waals surface area (Å²) in [6.07, 6.45) is 0.334. The van der Waals surface area contributed by atoms with Crippen LogP contribution < -0.4 is 5.73 Å². The van der Waals surface area contributed by atoms with Gasteiger partial charge in [0.25, 0.3) is 0 Å². The number of hydrogen-bond donors (Lipinski definition) is 2. The number of hydrogen-bond acceptors (Lipinski definition) is 3. The molecule has 0 aliphatic rings. The zero-order valence-corrected chi connectivity index (χ0v) is 8.80. The van der Waals surface area contributed by atoms with Crippen molar-refractivity contribution >= 4 is 32.9 Å². The molecule has 0 saturated heterocycles. The molecule has 0 fully saturated rings. The maximum Gasteiger partial charge on any atom is 0.198 e. The van der Waals surface area contributed by atoms with Crippen LogP contribution in [-0.4, -0.2) is 9.97 Å². The Morgan fingerprint density at radius 2 is 2.36 bits per heavy atom. The number of nitriles is 1. The second-order valence-electron chi connectivity index (χ2n) is 2.92. The molecule has 70 valence electrons. The van der Waals surface area contributed by atoms with Crippen LogP contribution in [0.25, 0.3) is 11.0 Å². The molecule has 0 spiro atoms. The Morgan fingerprint density at radius 1 is 1.57 bits per heavy atom. The van der Waals surface area contributed by atoms with E-state index in [9.17, 15) is 0 Å². The molecule has 0 atom stereocenters. The zero-order valence-electron chi connectivity index (χ0n) is 7.21. The highest BCUT2D eigenvalue weighted by Crippen LogP contribution is 2.23. The predicted molar refractivity (Wildman–Crippen MR) is 57.5 cm³/mol. The summed E-state index contributed by atoms with van der Waals surface area (Å²) in [4.78, 5) is 7.05. The van der Waals surface area contributed by atoms with Crippen molar-refractivity contribution in [2.24, 2.45) is 0 Å². The number of aromatic amines is 1. The second kappa shape index (κ2) is 3.31. The van der Waals surface area contributed by atoms with Crippen molar-refractivity contribution in [3.05, 3.63) is 22.2 Å². The molecule has 1 heterocycles. The van der Waals surface area contributed by atoms with Crippen molar-refractivity contribution in [3.8, 4) is 6.07 Å². The van der Waals surface area contributed by atoms with Gasteiger partial charge in [0.2, 0.25) is 0 Å². The van der Waals surface area contributed by atoms with E-state index in [4.69, 9.17) is 11.0 Å². The lowest BCUT2D eigenvalue weighted by molar-refractivity contribution is 1.26. The Morgan fingerprint density at radius 3 is 3.07 bits per heavy atom. The summed E-state index contributed by atoms with van der Waals surface area (Å²) in [5.41, 5.74) is 8.04. The minimum atomic E-state index is 0.334. The number of nitrogen functional groups attached to an aromatic ring is 1. The molecule has 5 heteroatoms. The largest absolute Gasteiger partial charge is 0.369 e. The first-order chi connectivity index (χ1) is 6.70. The van der Waals surface area contributed by atoms with Gasteiger partial charge in [-0.15, -0.1) is 0 Å². The SMILES string of the molecule is N#CCc1cc(Br)cc2[nH]c(N)nc12. The summed E-state index contributed by atoms with van der Waals surface area (Å²) < 4.78 is 0.916. The highest BCUT2D eigenvalue weighted by Gasteiger charge is 2.06. The van der Waals surface area contributed by atoms with Crippen molar-refractivity contribution in [2.75, 3.05) is 5.73 Å². The molecule has 0 radical (unpaired) electrons. The number of fused-ring (bicyclic) bond motifs is 1. The second-order valence-corrected chi connectivity index (χ2v) is 3.83. The van der Waals surface area contributed by atoms with Gasteiger partial charge in [0.1, 0.15) is 0 Å². The van der Waals surface area contributed by atoms with Crippen LogP contribution in [0.5, 0.6) is 0 Å². The van der Waals surface area contributed by atoms with Gasteiger partial charge in [-0.1, -0.05) is 15.9 Å². The first-order valence-corrected chi connectivity index (χ1v) is 4.80. The molecule has 2 rings (SSSR count). The van der Waals surface area contributed by atoms with Crippen molar-refractivity contribution in [1.82, 2.24) is 9.97 Å². The number of nitrogens with one attached hydrogen (secondary N) is 1. The van der Waals surface area contributed by atoms with Crippen LogP contribution in [0.4, 0.5) is 5.95 Å². The van der Waals surface area contributed by atoms with Crippen LogP contribution in [0, 0.1) is 11.3 Å².